The topological polar surface area (TPSA) is 337 Å². The number of aromatic nitrogens is 3. The van der Waals surface area contributed by atoms with E-state index in [2.05, 4.69) is 225 Å². The summed E-state index contributed by atoms with van der Waals surface area (Å²) in [5.74, 6) is 4.98. The molecular formula is C99H136I10N12O14. The molecule has 3 aliphatic heterocycles. The summed E-state index contributed by atoms with van der Waals surface area (Å²) < 4.78 is 21.9. The Morgan fingerprint density at radius 2 is 0.756 bits per heavy atom. The van der Waals surface area contributed by atoms with E-state index in [0.717, 1.165) is 163 Å². The molecule has 3 fully saturated rings. The first kappa shape index (κ1) is 118. The van der Waals surface area contributed by atoms with E-state index in [0.29, 0.717) is 86.0 Å². The van der Waals surface area contributed by atoms with Crippen LogP contribution in [0, 0.1) is 5.92 Å². The predicted octanol–water partition coefficient (Wildman–Crippen LogP) is 22.5. The monoisotopic (exact) mass is 2990 g/mol. The van der Waals surface area contributed by atoms with E-state index >= 15 is 0 Å². The van der Waals surface area contributed by atoms with Crippen molar-refractivity contribution < 1.29 is 68.1 Å². The van der Waals surface area contributed by atoms with E-state index in [-0.39, 0.29) is 126 Å². The van der Waals surface area contributed by atoms with Crippen molar-refractivity contribution in [3.8, 4) is 23.0 Å². The molecule has 0 bridgehead atoms. The molecule has 746 valence electrons. The molecular weight excluding hydrogens is 2850 g/mol. The SMILES string of the molecule is C.C.C.CC(=O)N1CCC(Nc2cc(C(=O)CC[C@@H](O)CCC3Cc4ccccc4C3)ccn2)CC1.CC(=O)N1CCC(Nc2cc(C(=O)O)ccn2)CC1.COc1ccc(CN(C[C@H](O)CCC(=O)c2ccnc(NC3CCN(C(C)=O)CC3)c2)C2Cc3ccccc3C2)c(OC)c1.COc1ccc(CN(C[C@H](O)CN)C2Cc3ccccc3C2)c(OC)c1.II(I)I(I)I(I)I(I)I. The van der Waals surface area contributed by atoms with E-state index < -0.39 is 24.3 Å². The maximum absolute atomic E-state index is 13.2. The summed E-state index contributed by atoms with van der Waals surface area (Å²) in [5, 5.41) is 50.8. The summed E-state index contributed by atoms with van der Waals surface area (Å²) in [6.07, 6.45) is 17.5. The number of aliphatic hydroxyl groups excluding tert-OH is 3. The number of benzene rings is 5. The van der Waals surface area contributed by atoms with Crippen molar-refractivity contribution in [2.24, 2.45) is 11.7 Å². The van der Waals surface area contributed by atoms with Crippen LogP contribution in [0.5, 0.6) is 23.0 Å². The van der Waals surface area contributed by atoms with Gasteiger partial charge in [0.2, 0.25) is 17.7 Å². The molecule has 3 aromatic heterocycles. The van der Waals surface area contributed by atoms with Crippen LogP contribution in [0.3, 0.4) is 0 Å². The molecule has 3 amide bonds. The summed E-state index contributed by atoms with van der Waals surface area (Å²) in [7, 11) is 5.31. The van der Waals surface area contributed by atoms with Crippen LogP contribution < -0.4 is 40.6 Å². The minimum absolute atomic E-state index is 0. The average Bonchev–Trinajstić information content (AvgIpc) is 1.64. The number of carbonyl (C=O) groups is 6. The Hall–Kier alpha value is -3.57. The molecule has 9 N–H and O–H groups in total. The number of carboxylic acids is 1. The number of nitrogens with zero attached hydrogens (tertiary/aromatic N) is 8. The van der Waals surface area contributed by atoms with Crippen LogP contribution in [0.15, 0.2) is 164 Å². The van der Waals surface area contributed by atoms with Gasteiger partial charge in [0.1, 0.15) is 40.5 Å². The van der Waals surface area contributed by atoms with E-state index in [4.69, 9.17) is 29.8 Å². The molecule has 0 saturated carbocycles. The third kappa shape index (κ3) is 38.5. The van der Waals surface area contributed by atoms with Gasteiger partial charge >= 0.3 is 149 Å². The van der Waals surface area contributed by atoms with Crippen molar-refractivity contribution in [3.05, 3.63) is 225 Å². The number of ketones is 2. The van der Waals surface area contributed by atoms with E-state index in [9.17, 15) is 44.1 Å². The van der Waals surface area contributed by atoms with E-state index in [1.807, 2.05) is 57.2 Å². The number of Topliss-reactive ketones (excluding diaryl/α,β-unsaturated/α-hetero) is 2. The van der Waals surface area contributed by atoms with Gasteiger partial charge in [0.05, 0.1) is 52.3 Å². The molecule has 26 nitrogen and oxygen atoms in total. The molecule has 0 radical (unpaired) electrons. The average molecular weight is 2990 g/mol. The fourth-order valence-corrected chi connectivity index (χ4v) is 856. The second-order valence-corrected chi connectivity index (χ2v) is 229. The number of methoxy groups -OCH3 is 4. The molecule has 0 spiro atoms. The van der Waals surface area contributed by atoms with Gasteiger partial charge in [0, 0.05) is 189 Å². The standard InChI is InChI=1S/C35H44N4O5.C27H35N3O3.C21H28N2O3.C13H17N3O3.3CH4.I10/c1-24(40)38-16-13-29(14-17-38)37-35-20-27(12-15-36-35)33(42)11-9-31(41)23-39(30-18-25-6-4-5-7-26(25)19-30)22-28-8-10-32(43-2)21-34(28)44-3;1-19(31)30-14-11-24(12-15-30)29-27-18-23(10-13-28-27)26(33)9-8-25(32)7-6-20-16-21-4-2-3-5-22(21)17-20;1-25-20-8-7-17(21(11-20)26-2)13-23(14-19(24)12-22)18-9-15-5-3-4-6-16(15)10-18;1-9(17)16-6-3-11(4-7-16)15-12-8-10(13(18)19)2-5-14-12;;;;1-7(2)9(5)10(6)8(3)4/h4-8,10,12,15,20-21,29-31,41H,9,11,13-14,16-19,22-23H2,1-3H3,(H,36,37);2-5,10,13,18,20,24-25,32H,6-9,11-12,14-17H2,1H3,(H,28,29);3-8,11,18-19,24H,9-10,12-14,22H2,1-2H3;2,5,8,11H,3-4,6-7H2,1H3,(H,14,15)(H,18,19);3*1H4;/t31-;25-;19-;;;;;/m101...../s1. The number of piperidine rings is 3. The van der Waals surface area contributed by atoms with Gasteiger partial charge in [-0.2, -0.15) is 0 Å². The van der Waals surface area contributed by atoms with Crippen LogP contribution in [0.25, 0.3) is 0 Å². The van der Waals surface area contributed by atoms with Gasteiger partial charge in [-0.1, -0.05) is 107 Å². The second-order valence-electron chi connectivity index (χ2n) is 33.6. The second kappa shape index (κ2) is 61.5. The fraction of sp³-hybridized carbons (Fsp3) is 0.485. The molecule has 3 saturated heterocycles. The number of aliphatic hydroxyl groups is 3. The third-order valence-electron chi connectivity index (χ3n) is 24.7. The van der Waals surface area contributed by atoms with Crippen molar-refractivity contribution in [1.82, 2.24) is 39.5 Å². The minimum atomic E-state index is -0.961. The van der Waals surface area contributed by atoms with E-state index in [1.165, 1.54) is 51.7 Å². The van der Waals surface area contributed by atoms with Gasteiger partial charge in [0.25, 0.3) is 0 Å². The summed E-state index contributed by atoms with van der Waals surface area (Å²) >= 11 is 16.9. The van der Waals surface area contributed by atoms with Crippen LogP contribution in [0.4, 0.5) is 17.5 Å². The molecule has 0 unspecified atom stereocenters. The van der Waals surface area contributed by atoms with Gasteiger partial charge in [-0.05, 0) is 191 Å². The molecule has 3 aliphatic carbocycles. The fourth-order valence-electron chi connectivity index (χ4n) is 17.4. The van der Waals surface area contributed by atoms with Crippen molar-refractivity contribution in [3.63, 3.8) is 0 Å². The van der Waals surface area contributed by atoms with Crippen LogP contribution >= 0.6 is 143 Å². The number of hydrogen-bond donors (Lipinski definition) is 8. The Balaban J connectivity index is 0.000000244. The zero-order valence-electron chi connectivity index (χ0n) is 75.6. The molecule has 135 heavy (non-hydrogen) atoms. The first-order chi connectivity index (χ1) is 63.5. The number of likely N-dealkylation sites (tertiary alicyclic amines) is 3. The number of anilines is 3. The number of ether oxygens (including phenoxy) is 4. The first-order valence-electron chi connectivity index (χ1n) is 44.4. The molecule has 6 heterocycles. The molecule has 3 atom stereocenters. The molecule has 6 aliphatic rings. The molecule has 8 aromatic rings. The Labute approximate surface area is 875 Å². The van der Waals surface area contributed by atoms with Crippen molar-refractivity contribution >= 4 is 196 Å². The molecule has 14 rings (SSSR count). The molecule has 5 aromatic carbocycles. The number of amides is 3. The van der Waals surface area contributed by atoms with Gasteiger partial charge in [-0.15, -0.1) is 0 Å². The molecule has 36 heteroatoms. The number of carboxylic acid groups (broad SMARTS) is 1. The first-order valence-corrected chi connectivity index (χ1v) is 101. The third-order valence-corrected chi connectivity index (χ3v) is 520. The Bertz CT molecular complexity index is 4950. The van der Waals surface area contributed by atoms with Crippen LogP contribution in [-0.4, -0.2) is 231 Å². The summed E-state index contributed by atoms with van der Waals surface area (Å²) in [4.78, 5) is 94.2. The Morgan fingerprint density at radius 3 is 1.07 bits per heavy atom. The number of nitrogens with two attached hydrogens (primary N) is 1. The Kier molecular flexibility index (Phi) is 54.0. The number of pyridine rings is 3. The quantitative estimate of drug-likeness (QED) is 0.0134. The number of carbonyl (C=O) groups excluding carboxylic acids is 5. The van der Waals surface area contributed by atoms with Gasteiger partial charge in [-0.3, -0.25) is 33.8 Å². The number of aromatic carboxylic acids is 1. The van der Waals surface area contributed by atoms with Gasteiger partial charge in [-0.25, -0.2) is 19.7 Å². The number of nitrogens with one attached hydrogen (secondary N) is 3. The summed E-state index contributed by atoms with van der Waals surface area (Å²) in [5.41, 5.74) is 17.6. The van der Waals surface area contributed by atoms with Crippen molar-refractivity contribution in [1.29, 1.82) is 0 Å². The van der Waals surface area contributed by atoms with Crippen molar-refractivity contribution in [2.45, 2.75) is 220 Å². The normalized spacial score (nSPS) is 15.9. The van der Waals surface area contributed by atoms with Crippen LogP contribution in [-0.2, 0) is 66.0 Å². The number of fused-ring (bicyclic) bond motifs is 3. The number of hydrogen-bond acceptors (Lipinski definition) is 22. The van der Waals surface area contributed by atoms with Crippen LogP contribution in [0.2, 0.25) is 0 Å². The van der Waals surface area contributed by atoms with E-state index in [1.54, 1.807) is 79.8 Å². The maximum atomic E-state index is 13.2. The zero-order chi connectivity index (χ0) is 94.9. The predicted molar refractivity (Wildman–Crippen MR) is 633 cm³/mol. The van der Waals surface area contributed by atoms with Crippen LogP contribution in [0.1, 0.15) is 196 Å². The van der Waals surface area contributed by atoms with Crippen molar-refractivity contribution in [2.75, 3.05) is 103 Å². The van der Waals surface area contributed by atoms with Gasteiger partial charge < -0.3 is 75.8 Å². The van der Waals surface area contributed by atoms with Gasteiger partial charge in [0.15, 0.2) is 11.6 Å². The number of rotatable bonds is 36. The summed E-state index contributed by atoms with van der Waals surface area (Å²) in [6.45, 7) is 11.7. The zero-order valence-corrected chi connectivity index (χ0v) is 97.2. The summed E-state index contributed by atoms with van der Waals surface area (Å²) in [6, 6.07) is 48.8. The number of halogens is 10. The Morgan fingerprint density at radius 1 is 0.437 bits per heavy atom.